The second-order valence-corrected chi connectivity index (χ2v) is 14.6. The Hall–Kier alpha value is -2.06. The molecule has 7 rings (SSSR count). The van der Waals surface area contributed by atoms with Gasteiger partial charge in [0.15, 0.2) is 0 Å². The monoisotopic (exact) mass is 556 g/mol. The Morgan fingerprint density at radius 3 is 1.68 bits per heavy atom. The summed E-state index contributed by atoms with van der Waals surface area (Å²) in [5.41, 5.74) is 9.57. The van der Waals surface area contributed by atoms with Crippen molar-refractivity contribution in [3.05, 3.63) is 99.6 Å². The molecule has 194 valence electrons. The van der Waals surface area contributed by atoms with Gasteiger partial charge in [0.2, 0.25) is 0 Å². The van der Waals surface area contributed by atoms with Crippen molar-refractivity contribution in [3.8, 4) is 5.75 Å². The molecule has 0 heterocycles. The molecule has 4 saturated carbocycles. The van der Waals surface area contributed by atoms with Crippen molar-refractivity contribution in [2.75, 3.05) is 0 Å². The molecule has 37 heavy (non-hydrogen) atoms. The second kappa shape index (κ2) is 8.47. The molecule has 4 bridgehead atoms. The van der Waals surface area contributed by atoms with Gasteiger partial charge in [-0.15, -0.1) is 0 Å². The molecule has 0 aromatic heterocycles. The summed E-state index contributed by atoms with van der Waals surface area (Å²) in [7, 11) is 0. The van der Waals surface area contributed by atoms with E-state index in [1.54, 1.807) is 0 Å². The van der Waals surface area contributed by atoms with Gasteiger partial charge < -0.3 is 5.11 Å². The van der Waals surface area contributed by atoms with Crippen LogP contribution in [0.15, 0.2) is 60.7 Å². The Balaban J connectivity index is 1.59. The smallest absolute Gasteiger partial charge is 0.123 e. The molecule has 3 aromatic carbocycles. The Morgan fingerprint density at radius 2 is 1.22 bits per heavy atom. The highest BCUT2D eigenvalue weighted by Crippen LogP contribution is 2.71. The Bertz CT molecular complexity index is 1270. The van der Waals surface area contributed by atoms with Crippen molar-refractivity contribution >= 4 is 15.9 Å². The van der Waals surface area contributed by atoms with Crippen molar-refractivity contribution in [2.24, 2.45) is 5.92 Å². The summed E-state index contributed by atoms with van der Waals surface area (Å²) in [6.45, 7) is 11.3. The van der Waals surface area contributed by atoms with Crippen LogP contribution >= 0.6 is 15.9 Å². The summed E-state index contributed by atoms with van der Waals surface area (Å²) < 4.78 is 0. The zero-order chi connectivity index (χ0) is 26.2. The lowest BCUT2D eigenvalue weighted by Gasteiger charge is -2.67. The van der Waals surface area contributed by atoms with Crippen LogP contribution in [0.25, 0.3) is 0 Å². The molecule has 0 amide bonds. The summed E-state index contributed by atoms with van der Waals surface area (Å²) >= 11 is 3.70. The summed E-state index contributed by atoms with van der Waals surface area (Å²) in [5, 5.41) is 12.5. The van der Waals surface area contributed by atoms with E-state index in [4.69, 9.17) is 0 Å². The third kappa shape index (κ3) is 4.01. The van der Waals surface area contributed by atoms with Gasteiger partial charge in [0.05, 0.1) is 0 Å². The van der Waals surface area contributed by atoms with Crippen molar-refractivity contribution in [2.45, 2.75) is 100 Å². The Labute approximate surface area is 231 Å². The molecule has 0 radical (unpaired) electrons. The molecular formula is C35H41BrO. The van der Waals surface area contributed by atoms with E-state index in [0.29, 0.717) is 17.0 Å². The molecule has 2 atom stereocenters. The average Bonchev–Trinajstić information content (AvgIpc) is 2.83. The number of phenols is 1. The van der Waals surface area contributed by atoms with Crippen LogP contribution in [-0.4, -0.2) is 5.11 Å². The maximum atomic E-state index is 11.8. The average molecular weight is 558 g/mol. The molecule has 0 aliphatic heterocycles. The van der Waals surface area contributed by atoms with E-state index in [2.05, 4.69) is 111 Å². The fourth-order valence-electron chi connectivity index (χ4n) is 8.83. The zero-order valence-corrected chi connectivity index (χ0v) is 24.7. The van der Waals surface area contributed by atoms with Gasteiger partial charge >= 0.3 is 0 Å². The van der Waals surface area contributed by atoms with Crippen LogP contribution in [0.5, 0.6) is 5.75 Å². The van der Waals surface area contributed by atoms with Gasteiger partial charge in [-0.05, 0) is 91.2 Å². The molecular weight excluding hydrogens is 516 g/mol. The topological polar surface area (TPSA) is 20.2 Å². The first kappa shape index (κ1) is 25.2. The van der Waals surface area contributed by atoms with Gasteiger partial charge in [0.25, 0.3) is 0 Å². The maximum Gasteiger partial charge on any atom is 0.123 e. The van der Waals surface area contributed by atoms with Crippen molar-refractivity contribution in [3.63, 3.8) is 0 Å². The van der Waals surface area contributed by atoms with Crippen molar-refractivity contribution < 1.29 is 5.11 Å². The molecule has 0 spiro atoms. The van der Waals surface area contributed by atoms with Crippen molar-refractivity contribution in [1.82, 2.24) is 0 Å². The number of hydrogen-bond acceptors (Lipinski definition) is 1. The molecule has 1 N–H and O–H groups in total. The fourth-order valence-corrected chi connectivity index (χ4v) is 9.26. The molecule has 2 heteroatoms. The summed E-state index contributed by atoms with van der Waals surface area (Å²) in [5.74, 6) is 1.20. The normalized spacial score (nSPS) is 30.6. The summed E-state index contributed by atoms with van der Waals surface area (Å²) in [4.78, 5) is 0. The predicted molar refractivity (Wildman–Crippen MR) is 158 cm³/mol. The minimum absolute atomic E-state index is 0.0164. The first-order valence-electron chi connectivity index (χ1n) is 14.0. The largest absolute Gasteiger partial charge is 0.507 e. The Morgan fingerprint density at radius 1 is 0.757 bits per heavy atom. The summed E-state index contributed by atoms with van der Waals surface area (Å²) in [6.07, 6.45) is 7.23. The third-order valence-corrected chi connectivity index (χ3v) is 10.8. The van der Waals surface area contributed by atoms with Crippen LogP contribution < -0.4 is 0 Å². The predicted octanol–water partition coefficient (Wildman–Crippen LogP) is 9.31. The third-order valence-electron chi connectivity index (χ3n) is 10.2. The maximum absolute atomic E-state index is 11.8. The standard InChI is InChI=1S/C35H41BrO/c1-23-6-10-27(11-7-23)33-16-25-17-34(20-33,28-12-8-24(2)9-13-28)22-35(18-25,21-33)30-15-29(32(3,4)5)14-26(19-36)31(30)37/h6-15,25,37H,16-22H2,1-5H3. The van der Waals surface area contributed by atoms with E-state index in [1.165, 1.54) is 59.1 Å². The highest BCUT2D eigenvalue weighted by atomic mass is 79.9. The van der Waals surface area contributed by atoms with Gasteiger partial charge in [-0.3, -0.25) is 0 Å². The van der Waals surface area contributed by atoms with E-state index in [0.717, 1.165) is 18.4 Å². The van der Waals surface area contributed by atoms with Crippen molar-refractivity contribution in [1.29, 1.82) is 0 Å². The highest BCUT2D eigenvalue weighted by Gasteiger charge is 2.65. The molecule has 4 aliphatic rings. The first-order chi connectivity index (χ1) is 17.5. The summed E-state index contributed by atoms with van der Waals surface area (Å²) in [6, 6.07) is 23.5. The van der Waals surface area contributed by atoms with Gasteiger partial charge in [0.1, 0.15) is 5.75 Å². The van der Waals surface area contributed by atoms with Crippen LogP contribution in [0.3, 0.4) is 0 Å². The number of benzene rings is 3. The number of alkyl halides is 1. The van der Waals surface area contributed by atoms with E-state index < -0.39 is 0 Å². The molecule has 4 aliphatic carbocycles. The van der Waals surface area contributed by atoms with Gasteiger partial charge in [0, 0.05) is 21.9 Å². The number of hydrogen-bond donors (Lipinski definition) is 1. The van der Waals surface area contributed by atoms with E-state index >= 15 is 0 Å². The molecule has 1 nitrogen and oxygen atoms in total. The molecule has 4 fully saturated rings. The number of rotatable bonds is 4. The van der Waals surface area contributed by atoms with Crippen LogP contribution in [0.4, 0.5) is 0 Å². The van der Waals surface area contributed by atoms with Crippen LogP contribution in [0, 0.1) is 19.8 Å². The molecule has 0 saturated heterocycles. The number of phenolic OH excluding ortho intramolecular Hbond substituents is 1. The van der Waals surface area contributed by atoms with Gasteiger partial charge in [-0.25, -0.2) is 0 Å². The highest BCUT2D eigenvalue weighted by molar-refractivity contribution is 9.08. The van der Waals surface area contributed by atoms with Crippen LogP contribution in [-0.2, 0) is 27.0 Å². The fraction of sp³-hybridized carbons (Fsp3) is 0.486. The quantitative estimate of drug-likeness (QED) is 0.317. The number of aromatic hydroxyl groups is 1. The SMILES string of the molecule is Cc1ccc(C23CC4CC(c5ccc(C)cc5)(C2)CC(c2cc(C(C)(C)C)cc(CBr)c2O)(C4)C3)cc1. The van der Waals surface area contributed by atoms with E-state index in [-0.39, 0.29) is 21.7 Å². The zero-order valence-electron chi connectivity index (χ0n) is 23.1. The van der Waals surface area contributed by atoms with Crippen LogP contribution in [0.1, 0.15) is 98.2 Å². The number of halogens is 1. The minimum Gasteiger partial charge on any atom is -0.507 e. The Kier molecular flexibility index (Phi) is 5.78. The lowest BCUT2D eigenvalue weighted by atomic mass is 9.36. The van der Waals surface area contributed by atoms with Gasteiger partial charge in [-0.1, -0.05) is 108 Å². The van der Waals surface area contributed by atoms with E-state index in [9.17, 15) is 5.11 Å². The first-order valence-corrected chi connectivity index (χ1v) is 15.2. The van der Waals surface area contributed by atoms with E-state index in [1.807, 2.05) is 0 Å². The minimum atomic E-state index is -0.0164. The number of aryl methyl sites for hydroxylation is 2. The second-order valence-electron chi connectivity index (χ2n) is 14.0. The lowest BCUT2D eigenvalue weighted by Crippen LogP contribution is -2.62. The van der Waals surface area contributed by atoms with Crippen LogP contribution in [0.2, 0.25) is 0 Å². The lowest BCUT2D eigenvalue weighted by molar-refractivity contribution is -0.0501. The molecule has 2 unspecified atom stereocenters. The molecule has 3 aromatic rings. The van der Waals surface area contributed by atoms with Gasteiger partial charge in [-0.2, -0.15) is 0 Å².